The zero-order valence-electron chi connectivity index (χ0n) is 19.2. The minimum atomic E-state index is -0.0747. The lowest BCUT2D eigenvalue weighted by Gasteiger charge is -2.32. The number of ether oxygens (including phenoxy) is 2. The highest BCUT2D eigenvalue weighted by Gasteiger charge is 2.28. The molecular weight excluding hydrogens is 432 g/mol. The van der Waals surface area contributed by atoms with Gasteiger partial charge in [-0.15, -0.1) is 0 Å². The fourth-order valence-corrected chi connectivity index (χ4v) is 4.42. The summed E-state index contributed by atoms with van der Waals surface area (Å²) in [6.45, 7) is 2.38. The van der Waals surface area contributed by atoms with Crippen LogP contribution in [0, 0.1) is 0 Å². The van der Waals surface area contributed by atoms with Gasteiger partial charge in [0.05, 0.1) is 18.8 Å². The van der Waals surface area contributed by atoms with Gasteiger partial charge in [-0.1, -0.05) is 18.2 Å². The van der Waals surface area contributed by atoms with Gasteiger partial charge in [0.25, 0.3) is 11.8 Å². The van der Waals surface area contributed by atoms with E-state index in [1.54, 1.807) is 23.0 Å². The van der Waals surface area contributed by atoms with Crippen LogP contribution in [0.1, 0.15) is 40.0 Å². The molecule has 5 rings (SSSR count). The van der Waals surface area contributed by atoms with E-state index in [2.05, 4.69) is 10.4 Å². The van der Waals surface area contributed by atoms with E-state index in [9.17, 15) is 9.59 Å². The number of rotatable bonds is 4. The maximum atomic E-state index is 13.4. The number of hydrogen-bond donors (Lipinski definition) is 1. The van der Waals surface area contributed by atoms with Crippen LogP contribution >= 0.6 is 0 Å². The Morgan fingerprint density at radius 1 is 1.00 bits per heavy atom. The number of carbonyl (C=O) groups is 2. The summed E-state index contributed by atoms with van der Waals surface area (Å²) in [4.78, 5) is 27.7. The number of piperidine rings is 1. The molecule has 0 atom stereocenters. The van der Waals surface area contributed by atoms with Crippen LogP contribution < -0.4 is 14.8 Å². The fraction of sp³-hybridized carbons (Fsp3) is 0.346. The molecule has 34 heavy (non-hydrogen) atoms. The second kappa shape index (κ2) is 9.59. The van der Waals surface area contributed by atoms with Crippen LogP contribution in [0.25, 0.3) is 11.3 Å². The van der Waals surface area contributed by atoms with Gasteiger partial charge in [-0.2, -0.15) is 5.10 Å². The van der Waals surface area contributed by atoms with Gasteiger partial charge < -0.3 is 19.7 Å². The van der Waals surface area contributed by atoms with Crippen molar-refractivity contribution in [2.24, 2.45) is 7.05 Å². The van der Waals surface area contributed by atoms with E-state index in [-0.39, 0.29) is 17.9 Å². The van der Waals surface area contributed by atoms with Crippen LogP contribution in [-0.4, -0.2) is 58.8 Å². The Kier molecular flexibility index (Phi) is 6.20. The minimum absolute atomic E-state index is 0.0480. The lowest BCUT2D eigenvalue weighted by molar-refractivity contribution is 0.0698. The number of amides is 2. The molecule has 0 saturated carbocycles. The first-order chi connectivity index (χ1) is 16.6. The molecular formula is C26H28N4O4. The Morgan fingerprint density at radius 3 is 2.50 bits per heavy atom. The number of aromatic nitrogens is 2. The number of carbonyl (C=O) groups excluding carboxylic acids is 2. The van der Waals surface area contributed by atoms with Gasteiger partial charge in [0.2, 0.25) is 0 Å². The van der Waals surface area contributed by atoms with Crippen LogP contribution in [0.4, 0.5) is 0 Å². The van der Waals surface area contributed by atoms with Crippen LogP contribution in [0.15, 0.2) is 54.7 Å². The summed E-state index contributed by atoms with van der Waals surface area (Å²) in [6, 6.07) is 14.9. The molecule has 2 aliphatic heterocycles. The normalized spacial score (nSPS) is 16.1. The second-order valence-corrected chi connectivity index (χ2v) is 8.68. The number of likely N-dealkylation sites (tertiary alicyclic amines) is 1. The summed E-state index contributed by atoms with van der Waals surface area (Å²) in [5.74, 6) is 1.26. The molecule has 3 heterocycles. The van der Waals surface area contributed by atoms with Crippen molar-refractivity contribution in [1.82, 2.24) is 20.0 Å². The zero-order chi connectivity index (χ0) is 23.5. The first kappa shape index (κ1) is 22.0. The molecule has 0 unspecified atom stereocenters. The highest BCUT2D eigenvalue weighted by molar-refractivity contribution is 6.00. The summed E-state index contributed by atoms with van der Waals surface area (Å²) in [5, 5.41) is 7.66. The molecule has 1 N–H and O–H groups in total. The number of nitrogens with zero attached hydrogens (tertiary/aromatic N) is 3. The Labute approximate surface area is 198 Å². The molecule has 2 aliphatic rings. The standard InChI is InChI=1S/C26H28N4O4/c1-29-17-21(24(28-29)19-8-9-22-23(16-19)34-15-5-14-33-22)26(32)30-12-10-20(11-13-30)27-25(31)18-6-3-2-4-7-18/h2-4,6-9,16-17,20H,5,10-15H2,1H3,(H,27,31). The highest BCUT2D eigenvalue weighted by atomic mass is 16.5. The summed E-state index contributed by atoms with van der Waals surface area (Å²) in [6.07, 6.45) is 4.02. The molecule has 3 aromatic rings. The van der Waals surface area contributed by atoms with E-state index >= 15 is 0 Å². The maximum absolute atomic E-state index is 13.4. The maximum Gasteiger partial charge on any atom is 0.257 e. The van der Waals surface area contributed by atoms with Gasteiger partial charge in [-0.05, 0) is 43.2 Å². The number of nitrogens with one attached hydrogen (secondary N) is 1. The van der Waals surface area contributed by atoms with Crippen molar-refractivity contribution in [3.8, 4) is 22.8 Å². The summed E-state index contributed by atoms with van der Waals surface area (Å²) in [7, 11) is 1.81. The lowest BCUT2D eigenvalue weighted by Crippen LogP contribution is -2.46. The van der Waals surface area contributed by atoms with Crippen molar-refractivity contribution in [1.29, 1.82) is 0 Å². The molecule has 0 spiro atoms. The predicted octanol–water partition coefficient (Wildman–Crippen LogP) is 3.28. The average molecular weight is 461 g/mol. The average Bonchev–Trinajstić information content (AvgIpc) is 3.10. The largest absolute Gasteiger partial charge is 0.490 e. The molecule has 1 aromatic heterocycles. The van der Waals surface area contributed by atoms with Crippen molar-refractivity contribution in [2.45, 2.75) is 25.3 Å². The zero-order valence-corrected chi connectivity index (χ0v) is 19.2. The van der Waals surface area contributed by atoms with E-state index in [0.29, 0.717) is 67.5 Å². The predicted molar refractivity (Wildman–Crippen MR) is 127 cm³/mol. The number of fused-ring (bicyclic) bond motifs is 1. The monoisotopic (exact) mass is 460 g/mol. The van der Waals surface area contributed by atoms with Gasteiger partial charge in [-0.25, -0.2) is 0 Å². The molecule has 2 amide bonds. The summed E-state index contributed by atoms with van der Waals surface area (Å²) in [5.41, 5.74) is 2.65. The van der Waals surface area contributed by atoms with E-state index in [0.717, 1.165) is 12.0 Å². The minimum Gasteiger partial charge on any atom is -0.490 e. The van der Waals surface area contributed by atoms with Crippen molar-refractivity contribution in [2.75, 3.05) is 26.3 Å². The van der Waals surface area contributed by atoms with E-state index < -0.39 is 0 Å². The van der Waals surface area contributed by atoms with Crippen LogP contribution in [0.3, 0.4) is 0 Å². The van der Waals surface area contributed by atoms with Crippen LogP contribution in [0.2, 0.25) is 0 Å². The third-order valence-electron chi connectivity index (χ3n) is 6.23. The van der Waals surface area contributed by atoms with E-state index in [1.807, 2.05) is 48.3 Å². The highest BCUT2D eigenvalue weighted by Crippen LogP contribution is 2.35. The number of hydrogen-bond acceptors (Lipinski definition) is 5. The van der Waals surface area contributed by atoms with Crippen LogP contribution in [-0.2, 0) is 7.05 Å². The van der Waals surface area contributed by atoms with Gasteiger partial charge in [-0.3, -0.25) is 14.3 Å². The van der Waals surface area contributed by atoms with Crippen molar-refractivity contribution < 1.29 is 19.1 Å². The molecule has 8 nitrogen and oxygen atoms in total. The molecule has 0 bridgehead atoms. The van der Waals surface area contributed by atoms with Gasteiger partial charge in [0.1, 0.15) is 5.69 Å². The molecule has 8 heteroatoms. The Balaban J connectivity index is 1.27. The van der Waals surface area contributed by atoms with Gasteiger partial charge in [0, 0.05) is 49.9 Å². The third kappa shape index (κ3) is 4.62. The van der Waals surface area contributed by atoms with Crippen molar-refractivity contribution in [3.63, 3.8) is 0 Å². The molecule has 0 aliphatic carbocycles. The fourth-order valence-electron chi connectivity index (χ4n) is 4.42. The SMILES string of the molecule is Cn1cc(C(=O)N2CCC(NC(=O)c3ccccc3)CC2)c(-c2ccc3c(c2)OCCCO3)n1. The van der Waals surface area contributed by atoms with Gasteiger partial charge >= 0.3 is 0 Å². The van der Waals surface area contributed by atoms with Gasteiger partial charge in [0.15, 0.2) is 11.5 Å². The van der Waals surface area contributed by atoms with Crippen molar-refractivity contribution in [3.05, 3.63) is 65.9 Å². The molecule has 2 aromatic carbocycles. The number of aryl methyl sites for hydroxylation is 1. The Bertz CT molecular complexity index is 1180. The van der Waals surface area contributed by atoms with Crippen molar-refractivity contribution >= 4 is 11.8 Å². The number of benzene rings is 2. The third-order valence-corrected chi connectivity index (χ3v) is 6.23. The van der Waals surface area contributed by atoms with Crippen LogP contribution in [0.5, 0.6) is 11.5 Å². The summed E-state index contributed by atoms with van der Waals surface area (Å²) < 4.78 is 13.2. The van der Waals surface area contributed by atoms with E-state index in [1.165, 1.54) is 0 Å². The first-order valence-electron chi connectivity index (χ1n) is 11.7. The smallest absolute Gasteiger partial charge is 0.257 e. The Hall–Kier alpha value is -3.81. The van der Waals surface area contributed by atoms with E-state index in [4.69, 9.17) is 9.47 Å². The topological polar surface area (TPSA) is 85.7 Å². The quantitative estimate of drug-likeness (QED) is 0.646. The summed E-state index contributed by atoms with van der Waals surface area (Å²) >= 11 is 0. The molecule has 176 valence electrons. The first-order valence-corrected chi connectivity index (χ1v) is 11.7. The lowest BCUT2D eigenvalue weighted by atomic mass is 10.0. The second-order valence-electron chi connectivity index (χ2n) is 8.68. The molecule has 1 saturated heterocycles. The Morgan fingerprint density at radius 2 is 1.74 bits per heavy atom. The molecule has 1 fully saturated rings. The molecule has 0 radical (unpaired) electrons.